The maximum absolute atomic E-state index is 11.2. The highest BCUT2D eigenvalue weighted by molar-refractivity contribution is 5.85. The Labute approximate surface area is 82.9 Å². The molecule has 72 valence electrons. The van der Waals surface area contributed by atoms with E-state index in [0.717, 1.165) is 18.5 Å². The third-order valence-corrected chi connectivity index (χ3v) is 2.34. The Morgan fingerprint density at radius 3 is 2.64 bits per heavy atom. The van der Waals surface area contributed by atoms with Crippen molar-refractivity contribution < 1.29 is 4.79 Å². The van der Waals surface area contributed by atoms with Gasteiger partial charge in [0.15, 0.2) is 5.78 Å². The first-order valence-electron chi connectivity index (χ1n) is 4.85. The molecule has 14 heavy (non-hydrogen) atoms. The van der Waals surface area contributed by atoms with Crippen molar-refractivity contribution in [3.05, 3.63) is 30.3 Å². The number of hydrogen-bond donors (Lipinski definition) is 0. The number of carbonyl (C=O) groups excluding carboxylic acids is 1. The highest BCUT2D eigenvalue weighted by Crippen LogP contribution is 2.20. The van der Waals surface area contributed by atoms with Gasteiger partial charge in [-0.15, -0.1) is 0 Å². The molecule has 0 saturated heterocycles. The molecule has 1 aliphatic carbocycles. The van der Waals surface area contributed by atoms with Gasteiger partial charge < -0.3 is 0 Å². The van der Waals surface area contributed by atoms with Gasteiger partial charge in [-0.25, -0.2) is 0 Å². The van der Waals surface area contributed by atoms with E-state index in [9.17, 15) is 4.79 Å². The summed E-state index contributed by atoms with van der Waals surface area (Å²) in [4.78, 5) is 11.2. The van der Waals surface area contributed by atoms with Gasteiger partial charge in [0.2, 0.25) is 0 Å². The van der Waals surface area contributed by atoms with Crippen molar-refractivity contribution in [3.8, 4) is 0 Å². The van der Waals surface area contributed by atoms with Crippen LogP contribution in [-0.4, -0.2) is 11.8 Å². The van der Waals surface area contributed by atoms with Crippen molar-refractivity contribution in [1.82, 2.24) is 0 Å². The summed E-state index contributed by atoms with van der Waals surface area (Å²) in [5.41, 5.74) is 0.812. The van der Waals surface area contributed by atoms with Gasteiger partial charge in [-0.1, -0.05) is 18.2 Å². The lowest BCUT2D eigenvalue weighted by molar-refractivity contribution is -0.118. The zero-order chi connectivity index (χ0) is 9.80. The van der Waals surface area contributed by atoms with Crippen molar-refractivity contribution in [2.24, 2.45) is 10.2 Å². The first kappa shape index (κ1) is 9.06. The number of ketones is 1. The first-order chi connectivity index (χ1) is 6.86. The van der Waals surface area contributed by atoms with Gasteiger partial charge in [0.25, 0.3) is 0 Å². The van der Waals surface area contributed by atoms with Crippen LogP contribution >= 0.6 is 0 Å². The monoisotopic (exact) mass is 188 g/mol. The fourth-order valence-corrected chi connectivity index (χ4v) is 1.55. The fourth-order valence-electron chi connectivity index (χ4n) is 1.55. The van der Waals surface area contributed by atoms with Crippen LogP contribution in [0.4, 0.5) is 5.69 Å². The Bertz CT molecular complexity index is 346. The molecule has 0 N–H and O–H groups in total. The summed E-state index contributed by atoms with van der Waals surface area (Å²) in [5.74, 6) is 0.227. The van der Waals surface area contributed by atoms with E-state index in [4.69, 9.17) is 0 Å². The van der Waals surface area contributed by atoms with Gasteiger partial charge in [0.05, 0.1) is 5.69 Å². The molecule has 0 aromatic heterocycles. The van der Waals surface area contributed by atoms with E-state index < -0.39 is 0 Å². The summed E-state index contributed by atoms with van der Waals surface area (Å²) in [6.45, 7) is 0. The standard InChI is InChI=1S/C11H12N2O/c14-11-8-4-7-10(11)13-12-9-5-2-1-3-6-9/h1-3,5-6,10H,4,7-8H2. The normalized spacial score (nSPS) is 22.0. The highest BCUT2D eigenvalue weighted by atomic mass is 16.1. The Morgan fingerprint density at radius 1 is 1.21 bits per heavy atom. The summed E-state index contributed by atoms with van der Waals surface area (Å²) in [5, 5.41) is 8.09. The highest BCUT2D eigenvalue weighted by Gasteiger charge is 2.23. The summed E-state index contributed by atoms with van der Waals surface area (Å²) in [6, 6.07) is 9.32. The van der Waals surface area contributed by atoms with Crippen molar-refractivity contribution in [2.75, 3.05) is 0 Å². The number of azo groups is 1. The van der Waals surface area contributed by atoms with Crippen molar-refractivity contribution >= 4 is 11.5 Å². The number of rotatable bonds is 2. The van der Waals surface area contributed by atoms with Crippen LogP contribution in [0.5, 0.6) is 0 Å². The molecule has 2 rings (SSSR count). The second-order valence-corrected chi connectivity index (χ2v) is 3.43. The number of Topliss-reactive ketones (excluding diaryl/α,β-unsaturated/α-hetero) is 1. The van der Waals surface area contributed by atoms with Crippen molar-refractivity contribution in [3.63, 3.8) is 0 Å². The van der Waals surface area contributed by atoms with Crippen molar-refractivity contribution in [1.29, 1.82) is 0 Å². The molecule has 0 heterocycles. The Balaban J connectivity index is 2.03. The van der Waals surface area contributed by atoms with Crippen LogP contribution in [0.1, 0.15) is 19.3 Å². The van der Waals surface area contributed by atoms with Gasteiger partial charge in [-0.05, 0) is 25.0 Å². The molecule has 0 aliphatic heterocycles. The zero-order valence-corrected chi connectivity index (χ0v) is 7.89. The summed E-state index contributed by atoms with van der Waals surface area (Å²) in [7, 11) is 0. The molecule has 1 aromatic carbocycles. The van der Waals surface area contributed by atoms with E-state index in [1.54, 1.807) is 0 Å². The Kier molecular flexibility index (Phi) is 2.68. The van der Waals surface area contributed by atoms with Gasteiger partial charge >= 0.3 is 0 Å². The first-order valence-corrected chi connectivity index (χ1v) is 4.85. The molecule has 1 aromatic rings. The molecular weight excluding hydrogens is 176 g/mol. The molecule has 1 saturated carbocycles. The Hall–Kier alpha value is -1.51. The molecular formula is C11H12N2O. The lowest BCUT2D eigenvalue weighted by Crippen LogP contribution is -2.08. The minimum absolute atomic E-state index is 0.185. The predicted octanol–water partition coefficient (Wildman–Crippen LogP) is 2.89. The molecule has 1 aliphatic rings. The zero-order valence-electron chi connectivity index (χ0n) is 7.89. The average Bonchev–Trinajstić information content (AvgIpc) is 2.63. The van der Waals surface area contributed by atoms with E-state index in [-0.39, 0.29) is 11.8 Å². The molecule has 1 fully saturated rings. The van der Waals surface area contributed by atoms with E-state index >= 15 is 0 Å². The van der Waals surface area contributed by atoms with Crippen LogP contribution in [0.2, 0.25) is 0 Å². The lowest BCUT2D eigenvalue weighted by Gasteiger charge is -1.97. The number of nitrogens with zero attached hydrogens (tertiary/aromatic N) is 2. The lowest BCUT2D eigenvalue weighted by atomic mass is 10.2. The van der Waals surface area contributed by atoms with E-state index in [2.05, 4.69) is 10.2 Å². The third kappa shape index (κ3) is 2.05. The molecule has 1 atom stereocenters. The predicted molar refractivity (Wildman–Crippen MR) is 53.6 cm³/mol. The molecule has 0 radical (unpaired) electrons. The topological polar surface area (TPSA) is 41.8 Å². The van der Waals surface area contributed by atoms with Crippen LogP contribution in [-0.2, 0) is 4.79 Å². The smallest absolute Gasteiger partial charge is 0.159 e. The summed E-state index contributed by atoms with van der Waals surface area (Å²) in [6.07, 6.45) is 2.48. The molecule has 0 amide bonds. The molecule has 3 nitrogen and oxygen atoms in total. The summed E-state index contributed by atoms with van der Waals surface area (Å²) < 4.78 is 0. The molecule has 0 bridgehead atoms. The van der Waals surface area contributed by atoms with E-state index in [0.29, 0.717) is 6.42 Å². The fraction of sp³-hybridized carbons (Fsp3) is 0.364. The number of benzene rings is 1. The van der Waals surface area contributed by atoms with E-state index in [1.165, 1.54) is 0 Å². The second kappa shape index (κ2) is 4.13. The second-order valence-electron chi connectivity index (χ2n) is 3.43. The van der Waals surface area contributed by atoms with E-state index in [1.807, 2.05) is 30.3 Å². The minimum atomic E-state index is -0.185. The minimum Gasteiger partial charge on any atom is -0.297 e. The van der Waals surface area contributed by atoms with Crippen LogP contribution in [0, 0.1) is 0 Å². The van der Waals surface area contributed by atoms with Crippen LogP contribution in [0.15, 0.2) is 40.6 Å². The summed E-state index contributed by atoms with van der Waals surface area (Å²) >= 11 is 0. The average molecular weight is 188 g/mol. The quantitative estimate of drug-likeness (QED) is 0.658. The van der Waals surface area contributed by atoms with Gasteiger partial charge in [-0.2, -0.15) is 10.2 Å². The maximum Gasteiger partial charge on any atom is 0.159 e. The van der Waals surface area contributed by atoms with Crippen molar-refractivity contribution in [2.45, 2.75) is 25.3 Å². The molecule has 1 unspecified atom stereocenters. The number of hydrogen-bond acceptors (Lipinski definition) is 3. The number of carbonyl (C=O) groups is 1. The Morgan fingerprint density at radius 2 is 2.00 bits per heavy atom. The molecule has 3 heteroatoms. The molecule has 0 spiro atoms. The third-order valence-electron chi connectivity index (χ3n) is 2.34. The SMILES string of the molecule is O=C1CCCC1N=Nc1ccccc1. The van der Waals surface area contributed by atoms with Gasteiger partial charge in [0, 0.05) is 6.42 Å². The van der Waals surface area contributed by atoms with Gasteiger partial charge in [0.1, 0.15) is 6.04 Å². The van der Waals surface area contributed by atoms with Gasteiger partial charge in [-0.3, -0.25) is 4.79 Å². The largest absolute Gasteiger partial charge is 0.297 e. The van der Waals surface area contributed by atoms with Crippen LogP contribution in [0.3, 0.4) is 0 Å². The van der Waals surface area contributed by atoms with Crippen LogP contribution in [0.25, 0.3) is 0 Å². The maximum atomic E-state index is 11.2. The van der Waals surface area contributed by atoms with Crippen LogP contribution < -0.4 is 0 Å².